The zero-order valence-corrected chi connectivity index (χ0v) is 19.4. The van der Waals surface area contributed by atoms with Gasteiger partial charge < -0.3 is 15.4 Å². The van der Waals surface area contributed by atoms with E-state index in [0.717, 1.165) is 42.5 Å². The van der Waals surface area contributed by atoms with Crippen molar-refractivity contribution in [2.75, 3.05) is 36.9 Å². The molecule has 1 saturated heterocycles. The molecule has 2 heterocycles. The van der Waals surface area contributed by atoms with Crippen molar-refractivity contribution in [2.45, 2.75) is 38.0 Å². The fourth-order valence-electron chi connectivity index (χ4n) is 3.78. The van der Waals surface area contributed by atoms with Crippen LogP contribution in [0.5, 0.6) is 0 Å². The van der Waals surface area contributed by atoms with E-state index in [1.54, 1.807) is 6.92 Å². The Kier molecular flexibility index (Phi) is 8.61. The van der Waals surface area contributed by atoms with Crippen LogP contribution >= 0.6 is 11.8 Å². The summed E-state index contributed by atoms with van der Waals surface area (Å²) in [4.78, 5) is 35.7. The van der Waals surface area contributed by atoms with Gasteiger partial charge in [-0.25, -0.2) is 0 Å². The van der Waals surface area contributed by atoms with E-state index in [1.165, 1.54) is 23.1 Å². The molecule has 0 saturated carbocycles. The van der Waals surface area contributed by atoms with Crippen molar-refractivity contribution in [3.8, 4) is 0 Å². The third kappa shape index (κ3) is 6.65. The minimum absolute atomic E-state index is 0.0325. The van der Waals surface area contributed by atoms with Gasteiger partial charge in [0.05, 0.1) is 11.5 Å². The summed E-state index contributed by atoms with van der Waals surface area (Å²) in [6, 6.07) is 7.97. The number of nitro groups is 1. The lowest BCUT2D eigenvalue weighted by Gasteiger charge is -2.23. The number of thioether (sulfide) groups is 1. The summed E-state index contributed by atoms with van der Waals surface area (Å²) in [6.45, 7) is 8.51. The molecule has 0 aliphatic carbocycles. The largest absolute Gasteiger partial charge is 0.465 e. The molecular weight excluding hydrogens is 444 g/mol. The van der Waals surface area contributed by atoms with Crippen molar-refractivity contribution in [3.05, 3.63) is 57.5 Å². The molecule has 0 unspecified atom stereocenters. The third-order valence-corrected chi connectivity index (χ3v) is 5.70. The minimum Gasteiger partial charge on any atom is -0.465 e. The SMILES string of the molecule is C=CSc1nc(N)c([N+](=O)[O-])c(N(CC(=O)OCC)Cc2cccc(CN3CCCC3)c2)n1. The van der Waals surface area contributed by atoms with Crippen LogP contribution in [0.25, 0.3) is 0 Å². The number of anilines is 2. The summed E-state index contributed by atoms with van der Waals surface area (Å²) >= 11 is 1.09. The molecule has 0 amide bonds. The molecule has 176 valence electrons. The zero-order valence-electron chi connectivity index (χ0n) is 18.6. The predicted octanol–water partition coefficient (Wildman–Crippen LogP) is 3.37. The molecule has 11 heteroatoms. The van der Waals surface area contributed by atoms with E-state index in [9.17, 15) is 14.9 Å². The Morgan fingerprint density at radius 3 is 2.76 bits per heavy atom. The van der Waals surface area contributed by atoms with Gasteiger partial charge in [-0.3, -0.25) is 19.8 Å². The van der Waals surface area contributed by atoms with Crippen LogP contribution in [-0.2, 0) is 22.6 Å². The molecule has 1 aromatic heterocycles. The maximum absolute atomic E-state index is 12.4. The predicted molar refractivity (Wildman–Crippen MR) is 128 cm³/mol. The summed E-state index contributed by atoms with van der Waals surface area (Å²) in [6.07, 6.45) is 2.41. The van der Waals surface area contributed by atoms with E-state index in [0.29, 0.717) is 0 Å². The molecule has 2 aromatic rings. The Bertz CT molecular complexity index is 1010. The standard InChI is InChI=1S/C22H28N6O4S/c1-3-32-18(29)15-27(21-19(28(30)31)20(23)24-22(25-21)33-4-2)14-17-9-7-8-16(12-17)13-26-10-5-6-11-26/h4,7-9,12H,2-3,5-6,10-11,13-15H2,1H3,(H2,23,24,25). The van der Waals surface area contributed by atoms with E-state index in [2.05, 4.69) is 27.5 Å². The molecule has 2 N–H and O–H groups in total. The van der Waals surface area contributed by atoms with E-state index < -0.39 is 16.6 Å². The van der Waals surface area contributed by atoms with Crippen molar-refractivity contribution in [1.82, 2.24) is 14.9 Å². The highest BCUT2D eigenvalue weighted by Crippen LogP contribution is 2.34. The molecule has 3 rings (SSSR count). The van der Waals surface area contributed by atoms with Gasteiger partial charge in [-0.2, -0.15) is 9.97 Å². The summed E-state index contributed by atoms with van der Waals surface area (Å²) in [5.41, 5.74) is 7.49. The van der Waals surface area contributed by atoms with Gasteiger partial charge in [0.25, 0.3) is 0 Å². The maximum atomic E-state index is 12.4. The Balaban J connectivity index is 1.96. The number of nitrogen functional groups attached to an aromatic ring is 1. The molecule has 0 spiro atoms. The van der Waals surface area contributed by atoms with Gasteiger partial charge in [0.2, 0.25) is 11.6 Å². The van der Waals surface area contributed by atoms with Crippen LogP contribution in [0.1, 0.15) is 30.9 Å². The number of carbonyl (C=O) groups is 1. The lowest BCUT2D eigenvalue weighted by molar-refractivity contribution is -0.383. The van der Waals surface area contributed by atoms with Crippen LogP contribution in [0.2, 0.25) is 0 Å². The highest BCUT2D eigenvalue weighted by Gasteiger charge is 2.29. The molecule has 1 aliphatic rings. The van der Waals surface area contributed by atoms with Gasteiger partial charge in [0.1, 0.15) is 6.54 Å². The number of carbonyl (C=O) groups excluding carboxylic acids is 1. The summed E-state index contributed by atoms with van der Waals surface area (Å²) in [5.74, 6) is -0.823. The number of hydrogen-bond acceptors (Lipinski definition) is 10. The monoisotopic (exact) mass is 472 g/mol. The quantitative estimate of drug-likeness (QED) is 0.171. The lowest BCUT2D eigenvalue weighted by atomic mass is 10.1. The minimum atomic E-state index is -0.630. The lowest BCUT2D eigenvalue weighted by Crippen LogP contribution is -2.32. The second-order valence-corrected chi connectivity index (χ2v) is 8.50. The number of ether oxygens (including phenoxy) is 1. The van der Waals surface area contributed by atoms with Crippen molar-refractivity contribution in [3.63, 3.8) is 0 Å². The van der Waals surface area contributed by atoms with Gasteiger partial charge in [-0.1, -0.05) is 42.6 Å². The summed E-state index contributed by atoms with van der Waals surface area (Å²) < 4.78 is 5.10. The van der Waals surface area contributed by atoms with Gasteiger partial charge in [-0.05, 0) is 49.4 Å². The Labute approximate surface area is 197 Å². The summed E-state index contributed by atoms with van der Waals surface area (Å²) in [7, 11) is 0. The highest BCUT2D eigenvalue weighted by atomic mass is 32.2. The van der Waals surface area contributed by atoms with Crippen LogP contribution in [0, 0.1) is 10.1 Å². The molecular formula is C22H28N6O4S. The number of hydrogen-bond donors (Lipinski definition) is 1. The number of nitrogens with two attached hydrogens (primary N) is 1. The fraction of sp³-hybridized carbons (Fsp3) is 0.409. The van der Waals surface area contributed by atoms with E-state index in [-0.39, 0.29) is 36.5 Å². The molecule has 1 fully saturated rings. The van der Waals surface area contributed by atoms with E-state index in [4.69, 9.17) is 10.5 Å². The van der Waals surface area contributed by atoms with Gasteiger partial charge in [0.15, 0.2) is 5.16 Å². The van der Waals surface area contributed by atoms with E-state index >= 15 is 0 Å². The first-order valence-electron chi connectivity index (χ1n) is 10.7. The van der Waals surface area contributed by atoms with Crippen LogP contribution in [0.3, 0.4) is 0 Å². The van der Waals surface area contributed by atoms with Gasteiger partial charge in [0, 0.05) is 13.1 Å². The molecule has 0 atom stereocenters. The van der Waals surface area contributed by atoms with Crippen molar-refractivity contribution >= 4 is 35.1 Å². The van der Waals surface area contributed by atoms with Gasteiger partial charge >= 0.3 is 11.7 Å². The molecule has 33 heavy (non-hydrogen) atoms. The Hall–Kier alpha value is -3.18. The second-order valence-electron chi connectivity index (χ2n) is 7.57. The van der Waals surface area contributed by atoms with Crippen molar-refractivity contribution in [1.29, 1.82) is 0 Å². The Morgan fingerprint density at radius 1 is 1.36 bits per heavy atom. The van der Waals surface area contributed by atoms with Crippen LogP contribution in [0.15, 0.2) is 41.4 Å². The highest BCUT2D eigenvalue weighted by molar-refractivity contribution is 8.02. The first kappa shape index (κ1) is 24.5. The summed E-state index contributed by atoms with van der Waals surface area (Å²) in [5, 5.41) is 13.5. The van der Waals surface area contributed by atoms with E-state index in [1.807, 2.05) is 18.2 Å². The van der Waals surface area contributed by atoms with Crippen LogP contribution in [0.4, 0.5) is 17.3 Å². The number of rotatable bonds is 11. The number of esters is 1. The van der Waals surface area contributed by atoms with Gasteiger partial charge in [-0.15, -0.1) is 0 Å². The molecule has 1 aromatic carbocycles. The topological polar surface area (TPSA) is 128 Å². The number of nitrogens with zero attached hydrogens (tertiary/aromatic N) is 5. The molecule has 0 bridgehead atoms. The normalized spacial score (nSPS) is 13.6. The third-order valence-electron chi connectivity index (χ3n) is 5.14. The number of likely N-dealkylation sites (tertiary alicyclic amines) is 1. The second kappa shape index (κ2) is 11.6. The van der Waals surface area contributed by atoms with Crippen LogP contribution in [-0.4, -0.2) is 52.0 Å². The average Bonchev–Trinajstić information content (AvgIpc) is 3.26. The van der Waals surface area contributed by atoms with Crippen LogP contribution < -0.4 is 10.6 Å². The molecule has 1 aliphatic heterocycles. The molecule has 0 radical (unpaired) electrons. The first-order valence-corrected chi connectivity index (χ1v) is 11.6. The maximum Gasteiger partial charge on any atom is 0.353 e. The van der Waals surface area contributed by atoms with Crippen molar-refractivity contribution in [2.24, 2.45) is 0 Å². The van der Waals surface area contributed by atoms with Crippen molar-refractivity contribution < 1.29 is 14.5 Å². The number of aromatic nitrogens is 2. The Morgan fingerprint density at radius 2 is 2.09 bits per heavy atom. The number of benzene rings is 1. The smallest absolute Gasteiger partial charge is 0.353 e. The average molecular weight is 473 g/mol. The zero-order chi connectivity index (χ0) is 23.8. The first-order chi connectivity index (χ1) is 15.9. The molecule has 10 nitrogen and oxygen atoms in total. The fourth-order valence-corrected chi connectivity index (χ4v) is 4.22.